The van der Waals surface area contributed by atoms with E-state index in [1.54, 1.807) is 21.0 Å². The number of hydrogen-bond donors (Lipinski definition) is 1. The smallest absolute Gasteiger partial charge is 0.0327 e. The molecule has 32 heavy (non-hydrogen) atoms. The van der Waals surface area contributed by atoms with Gasteiger partial charge in [-0.05, 0) is 131 Å². The molecule has 1 aromatic rings. The van der Waals surface area contributed by atoms with Gasteiger partial charge < -0.3 is 5.32 Å². The van der Waals surface area contributed by atoms with Crippen molar-refractivity contribution in [3.05, 3.63) is 43.8 Å². The van der Waals surface area contributed by atoms with Crippen LogP contribution in [-0.4, -0.2) is 6.04 Å². The van der Waals surface area contributed by atoms with Crippen LogP contribution in [0.15, 0.2) is 22.9 Å². The lowest BCUT2D eigenvalue weighted by Crippen LogP contribution is -2.31. The van der Waals surface area contributed by atoms with Crippen LogP contribution in [0.5, 0.6) is 0 Å². The fraction of sp³-hybridized carbons (Fsp3) is 0.733. The first-order valence-electron chi connectivity index (χ1n) is 14.2. The van der Waals surface area contributed by atoms with Crippen molar-refractivity contribution < 1.29 is 0 Å². The van der Waals surface area contributed by atoms with Gasteiger partial charge in [0.1, 0.15) is 0 Å². The highest BCUT2D eigenvalue weighted by Gasteiger charge is 2.38. The van der Waals surface area contributed by atoms with Crippen molar-refractivity contribution in [3.63, 3.8) is 0 Å². The van der Waals surface area contributed by atoms with Gasteiger partial charge in [0.15, 0.2) is 0 Å². The van der Waals surface area contributed by atoms with Gasteiger partial charge in [-0.1, -0.05) is 24.5 Å². The summed E-state index contributed by atoms with van der Waals surface area (Å²) in [5, 5.41) is 3.93. The summed E-state index contributed by atoms with van der Waals surface area (Å²) in [5.74, 6) is 3.74. The minimum absolute atomic E-state index is 0.777. The number of nitrogens with one attached hydrogen (secondary N) is 1. The second kappa shape index (κ2) is 8.33. The van der Waals surface area contributed by atoms with Crippen LogP contribution in [0.2, 0.25) is 0 Å². The lowest BCUT2D eigenvalue weighted by atomic mass is 9.68. The van der Waals surface area contributed by atoms with E-state index in [-0.39, 0.29) is 0 Å². The Balaban J connectivity index is 1.01. The molecule has 0 spiro atoms. The topological polar surface area (TPSA) is 12.0 Å². The molecule has 2 saturated carbocycles. The van der Waals surface area contributed by atoms with Crippen LogP contribution in [0.25, 0.3) is 0 Å². The number of aryl methyl sites for hydroxylation is 2. The van der Waals surface area contributed by atoms with E-state index < -0.39 is 0 Å². The maximum atomic E-state index is 3.93. The lowest BCUT2D eigenvalue weighted by molar-refractivity contribution is 0.201. The maximum absolute atomic E-state index is 3.93. The SMILES string of the molecule is C1=C(C2CCC(C3CCc4sc5c(c4C3)CCCC5)CC2)CCC2=C1C1CCCCC1N2. The fourth-order valence-electron chi connectivity index (χ4n) is 8.65. The number of hydrogen-bond acceptors (Lipinski definition) is 2. The van der Waals surface area contributed by atoms with Gasteiger partial charge in [0.2, 0.25) is 0 Å². The number of fused-ring (bicyclic) bond motifs is 5. The van der Waals surface area contributed by atoms with Gasteiger partial charge in [-0.25, -0.2) is 0 Å². The molecule has 2 heteroatoms. The quantitative estimate of drug-likeness (QED) is 0.490. The van der Waals surface area contributed by atoms with E-state index in [0.717, 1.165) is 29.7 Å². The van der Waals surface area contributed by atoms with Gasteiger partial charge in [0, 0.05) is 27.4 Å². The Bertz CT molecular complexity index is 940. The summed E-state index contributed by atoms with van der Waals surface area (Å²) in [7, 11) is 0. The molecule has 7 rings (SSSR count). The molecule has 172 valence electrons. The summed E-state index contributed by atoms with van der Waals surface area (Å²) in [6.45, 7) is 0. The van der Waals surface area contributed by atoms with Crippen molar-refractivity contribution in [1.29, 1.82) is 0 Å². The predicted octanol–water partition coefficient (Wildman–Crippen LogP) is 7.67. The first-order chi connectivity index (χ1) is 15.8. The standard InChI is InChI=1S/C30H41NS/c1-3-7-27-23(5-1)25-17-21(13-15-28(25)31-27)19-9-11-20(12-10-19)22-14-16-30-26(18-22)24-6-2-4-8-29(24)32-30/h17,19-20,22-23,27,31H,1-16,18H2. The Labute approximate surface area is 199 Å². The van der Waals surface area contributed by atoms with E-state index in [1.165, 1.54) is 109 Å². The van der Waals surface area contributed by atoms with E-state index >= 15 is 0 Å². The molecular formula is C30H41NS. The summed E-state index contributed by atoms with van der Waals surface area (Å²) < 4.78 is 0. The fourth-order valence-corrected chi connectivity index (χ4v) is 10.1. The molecule has 0 saturated heterocycles. The Morgan fingerprint density at radius 3 is 2.47 bits per heavy atom. The molecule has 1 N–H and O–H groups in total. The van der Waals surface area contributed by atoms with Crippen molar-refractivity contribution in [2.45, 2.75) is 115 Å². The second-order valence-electron chi connectivity index (χ2n) is 12.0. The van der Waals surface area contributed by atoms with Gasteiger partial charge >= 0.3 is 0 Å². The lowest BCUT2D eigenvalue weighted by Gasteiger charge is -2.37. The number of allylic oxidation sites excluding steroid dienone is 3. The molecule has 0 aromatic carbocycles. The highest BCUT2D eigenvalue weighted by atomic mass is 32.1. The molecule has 2 fully saturated rings. The van der Waals surface area contributed by atoms with Crippen molar-refractivity contribution in [3.8, 4) is 0 Å². The summed E-state index contributed by atoms with van der Waals surface area (Å²) in [6, 6.07) is 0.777. The van der Waals surface area contributed by atoms with Crippen LogP contribution in [0, 0.1) is 23.7 Å². The Hall–Kier alpha value is -1.02. The van der Waals surface area contributed by atoms with Crippen molar-refractivity contribution >= 4 is 11.3 Å². The zero-order valence-electron chi connectivity index (χ0n) is 19.9. The molecule has 5 aliphatic carbocycles. The van der Waals surface area contributed by atoms with Crippen LogP contribution in [0.1, 0.15) is 104 Å². The number of rotatable bonds is 2. The van der Waals surface area contributed by atoms with E-state index in [2.05, 4.69) is 22.7 Å². The molecule has 2 heterocycles. The first-order valence-corrected chi connectivity index (χ1v) is 15.0. The van der Waals surface area contributed by atoms with E-state index in [9.17, 15) is 0 Å². The maximum Gasteiger partial charge on any atom is 0.0327 e. The predicted molar refractivity (Wildman–Crippen MR) is 135 cm³/mol. The summed E-state index contributed by atoms with van der Waals surface area (Å²) >= 11 is 2.20. The molecule has 1 aromatic heterocycles. The third kappa shape index (κ3) is 3.46. The molecule has 0 radical (unpaired) electrons. The van der Waals surface area contributed by atoms with Crippen LogP contribution in [0.4, 0.5) is 0 Å². The normalized spacial score (nSPS) is 36.5. The van der Waals surface area contributed by atoms with Gasteiger partial charge in [0.25, 0.3) is 0 Å². The third-order valence-electron chi connectivity index (χ3n) is 10.4. The van der Waals surface area contributed by atoms with Crippen LogP contribution in [0.3, 0.4) is 0 Å². The highest BCUT2D eigenvalue weighted by Crippen LogP contribution is 2.48. The zero-order valence-corrected chi connectivity index (χ0v) is 20.7. The Morgan fingerprint density at radius 1 is 0.688 bits per heavy atom. The number of thiophene rings is 1. The highest BCUT2D eigenvalue weighted by molar-refractivity contribution is 7.12. The third-order valence-corrected chi connectivity index (χ3v) is 11.8. The largest absolute Gasteiger partial charge is 0.385 e. The summed E-state index contributed by atoms with van der Waals surface area (Å²) in [4.78, 5) is 3.58. The van der Waals surface area contributed by atoms with Crippen molar-refractivity contribution in [1.82, 2.24) is 5.32 Å². The zero-order chi connectivity index (χ0) is 21.1. The van der Waals surface area contributed by atoms with E-state index in [4.69, 9.17) is 0 Å². The minimum atomic E-state index is 0.777. The van der Waals surface area contributed by atoms with Gasteiger partial charge in [-0.3, -0.25) is 0 Å². The molecule has 0 bridgehead atoms. The van der Waals surface area contributed by atoms with Gasteiger partial charge in [-0.15, -0.1) is 11.3 Å². The Morgan fingerprint density at radius 2 is 1.53 bits per heavy atom. The second-order valence-corrected chi connectivity index (χ2v) is 13.2. The van der Waals surface area contributed by atoms with E-state index in [0.29, 0.717) is 0 Å². The average Bonchev–Trinajstić information content (AvgIpc) is 3.41. The molecule has 3 unspecified atom stereocenters. The average molecular weight is 448 g/mol. The molecule has 6 aliphatic rings. The molecule has 3 atom stereocenters. The summed E-state index contributed by atoms with van der Waals surface area (Å²) in [5.41, 5.74) is 8.91. The van der Waals surface area contributed by atoms with Gasteiger partial charge in [-0.2, -0.15) is 0 Å². The molecule has 1 aliphatic heterocycles. The van der Waals surface area contributed by atoms with Crippen LogP contribution >= 0.6 is 11.3 Å². The summed E-state index contributed by atoms with van der Waals surface area (Å²) in [6.07, 6.45) is 27.0. The van der Waals surface area contributed by atoms with E-state index in [1.807, 2.05) is 16.7 Å². The molecule has 0 amide bonds. The molecular weight excluding hydrogens is 406 g/mol. The van der Waals surface area contributed by atoms with Crippen LogP contribution in [-0.2, 0) is 25.7 Å². The van der Waals surface area contributed by atoms with Crippen molar-refractivity contribution in [2.75, 3.05) is 0 Å². The van der Waals surface area contributed by atoms with Crippen molar-refractivity contribution in [2.24, 2.45) is 23.7 Å². The van der Waals surface area contributed by atoms with Gasteiger partial charge in [0.05, 0.1) is 0 Å². The minimum Gasteiger partial charge on any atom is -0.385 e. The Kier molecular flexibility index (Phi) is 5.30. The molecule has 1 nitrogen and oxygen atoms in total. The monoisotopic (exact) mass is 447 g/mol. The first kappa shape index (κ1) is 20.4. The van der Waals surface area contributed by atoms with Crippen LogP contribution < -0.4 is 5.32 Å².